The van der Waals surface area contributed by atoms with Gasteiger partial charge in [0.1, 0.15) is 6.10 Å². The molecule has 1 aliphatic heterocycles. The van der Waals surface area contributed by atoms with E-state index >= 15 is 0 Å². The van der Waals surface area contributed by atoms with Crippen LogP contribution in [0.1, 0.15) is 20.3 Å². The quantitative estimate of drug-likeness (QED) is 0.307. The van der Waals surface area contributed by atoms with E-state index in [0.717, 1.165) is 0 Å². The Bertz CT molecular complexity index is 646. The zero-order valence-corrected chi connectivity index (χ0v) is 19.3. The van der Waals surface area contributed by atoms with Crippen LogP contribution in [-0.4, -0.2) is 69.0 Å². The number of hydrogen-bond donors (Lipinski definition) is 2. The van der Waals surface area contributed by atoms with Crippen LogP contribution in [-0.2, 0) is 0 Å². The Balaban J connectivity index is 0.00000420. The smallest absolute Gasteiger partial charge is 0.401 e. The molecule has 0 spiro atoms. The fourth-order valence-corrected chi connectivity index (χ4v) is 3.05. The van der Waals surface area contributed by atoms with Crippen LogP contribution in [0.4, 0.5) is 13.2 Å². The lowest BCUT2D eigenvalue weighted by atomic mass is 10.3. The van der Waals surface area contributed by atoms with Gasteiger partial charge < -0.3 is 20.1 Å². The zero-order valence-electron chi connectivity index (χ0n) is 17.0. The van der Waals surface area contributed by atoms with Gasteiger partial charge >= 0.3 is 6.18 Å². The average Bonchev–Trinajstić information content (AvgIpc) is 3.05. The molecule has 1 aliphatic rings. The number of halogens is 4. The molecule has 6 nitrogen and oxygen atoms in total. The summed E-state index contributed by atoms with van der Waals surface area (Å²) >= 11 is 0. The Morgan fingerprint density at radius 3 is 2.62 bits per heavy atom. The number of guanidine groups is 1. The van der Waals surface area contributed by atoms with Gasteiger partial charge in [0.25, 0.3) is 0 Å². The van der Waals surface area contributed by atoms with Crippen molar-refractivity contribution in [3.8, 4) is 11.5 Å². The van der Waals surface area contributed by atoms with E-state index in [-0.39, 0.29) is 36.1 Å². The molecule has 29 heavy (non-hydrogen) atoms. The van der Waals surface area contributed by atoms with Gasteiger partial charge in [-0.3, -0.25) is 4.90 Å². The Kier molecular flexibility index (Phi) is 10.9. The van der Waals surface area contributed by atoms with E-state index in [2.05, 4.69) is 15.6 Å². The van der Waals surface area contributed by atoms with Crippen molar-refractivity contribution in [3.63, 3.8) is 0 Å². The van der Waals surface area contributed by atoms with Gasteiger partial charge in [0, 0.05) is 25.7 Å². The van der Waals surface area contributed by atoms with Gasteiger partial charge in [-0.2, -0.15) is 13.2 Å². The van der Waals surface area contributed by atoms with Crippen LogP contribution in [0, 0.1) is 0 Å². The summed E-state index contributed by atoms with van der Waals surface area (Å²) in [6.07, 6.45) is -3.72. The molecular weight excluding hydrogens is 500 g/mol. The number of nitrogens with one attached hydrogen (secondary N) is 2. The van der Waals surface area contributed by atoms with Crippen LogP contribution < -0.4 is 20.1 Å². The summed E-state index contributed by atoms with van der Waals surface area (Å²) in [5, 5.41) is 6.36. The highest BCUT2D eigenvalue weighted by Crippen LogP contribution is 2.26. The van der Waals surface area contributed by atoms with E-state index in [1.54, 1.807) is 7.11 Å². The number of benzene rings is 1. The SMILES string of the molecule is CCNC(=NCC(C)Oc1ccccc1OC)NC1CCN(CC(F)(F)F)C1.I. The third-order valence-corrected chi connectivity index (χ3v) is 4.26. The maximum atomic E-state index is 12.5. The molecule has 2 rings (SSSR count). The fraction of sp³-hybridized carbons (Fsp3) is 0.632. The van der Waals surface area contributed by atoms with Crippen molar-refractivity contribution in [2.45, 2.75) is 38.6 Å². The molecule has 2 unspecified atom stereocenters. The second-order valence-corrected chi connectivity index (χ2v) is 6.78. The van der Waals surface area contributed by atoms with Crippen molar-refractivity contribution in [2.24, 2.45) is 4.99 Å². The van der Waals surface area contributed by atoms with E-state index in [1.165, 1.54) is 4.90 Å². The first-order chi connectivity index (χ1) is 13.3. The van der Waals surface area contributed by atoms with E-state index in [9.17, 15) is 13.2 Å². The lowest BCUT2D eigenvalue weighted by Gasteiger charge is -2.20. The monoisotopic (exact) mass is 530 g/mol. The average molecular weight is 530 g/mol. The summed E-state index contributed by atoms with van der Waals surface area (Å²) in [4.78, 5) is 5.93. The third kappa shape index (κ3) is 9.28. The van der Waals surface area contributed by atoms with Gasteiger partial charge in [-0.15, -0.1) is 24.0 Å². The number of nitrogens with zero attached hydrogens (tertiary/aromatic N) is 2. The van der Waals surface area contributed by atoms with Crippen LogP contribution in [0.25, 0.3) is 0 Å². The summed E-state index contributed by atoms with van der Waals surface area (Å²) < 4.78 is 48.8. The maximum absolute atomic E-state index is 12.5. The molecule has 2 N–H and O–H groups in total. The minimum atomic E-state index is -4.17. The van der Waals surface area contributed by atoms with E-state index < -0.39 is 12.7 Å². The predicted octanol–water partition coefficient (Wildman–Crippen LogP) is 3.27. The van der Waals surface area contributed by atoms with Gasteiger partial charge in [0.05, 0.1) is 20.2 Å². The lowest BCUT2D eigenvalue weighted by Crippen LogP contribution is -2.45. The number of aliphatic imine (C=N–C) groups is 1. The Morgan fingerprint density at radius 2 is 2.00 bits per heavy atom. The first-order valence-corrected chi connectivity index (χ1v) is 9.44. The molecule has 1 aromatic carbocycles. The molecule has 0 radical (unpaired) electrons. The van der Waals surface area contributed by atoms with Gasteiger partial charge in [-0.05, 0) is 32.4 Å². The fourth-order valence-electron chi connectivity index (χ4n) is 3.05. The summed E-state index contributed by atoms with van der Waals surface area (Å²) in [6.45, 7) is 4.79. The molecule has 0 bridgehead atoms. The molecular formula is C19H30F3IN4O2. The van der Waals surface area contributed by atoms with Crippen molar-refractivity contribution < 1.29 is 22.6 Å². The number of hydrogen-bond acceptors (Lipinski definition) is 4. The summed E-state index contributed by atoms with van der Waals surface area (Å²) in [6, 6.07) is 7.32. The topological polar surface area (TPSA) is 58.1 Å². The Hall–Kier alpha value is -1.43. The number of rotatable bonds is 8. The van der Waals surface area contributed by atoms with Gasteiger partial charge in [0.2, 0.25) is 0 Å². The zero-order chi connectivity index (χ0) is 20.6. The standard InChI is InChI=1S/C19H29F3N4O2.HI/c1-4-23-18(25-15-9-10-26(12-15)13-19(20,21)22)24-11-14(2)28-17-8-6-5-7-16(17)27-3;/h5-8,14-15H,4,9-13H2,1-3H3,(H2,23,24,25);1H. The minimum absolute atomic E-state index is 0. The number of methoxy groups -OCH3 is 1. The first-order valence-electron chi connectivity index (χ1n) is 9.44. The minimum Gasteiger partial charge on any atom is -0.493 e. The molecule has 0 saturated carbocycles. The van der Waals surface area contributed by atoms with Crippen LogP contribution in [0.3, 0.4) is 0 Å². The van der Waals surface area contributed by atoms with Crippen LogP contribution in [0.15, 0.2) is 29.3 Å². The number of para-hydroxylation sites is 2. The lowest BCUT2D eigenvalue weighted by molar-refractivity contribution is -0.143. The van der Waals surface area contributed by atoms with Crippen molar-refractivity contribution >= 4 is 29.9 Å². The van der Waals surface area contributed by atoms with Crippen molar-refractivity contribution in [1.29, 1.82) is 0 Å². The normalized spacial score (nSPS) is 18.7. The van der Waals surface area contributed by atoms with E-state index in [1.807, 2.05) is 38.1 Å². The molecule has 2 atom stereocenters. The second-order valence-electron chi connectivity index (χ2n) is 6.78. The van der Waals surface area contributed by atoms with Crippen molar-refractivity contribution in [2.75, 3.05) is 39.8 Å². The summed E-state index contributed by atoms with van der Waals surface area (Å²) in [5.74, 6) is 1.88. The highest BCUT2D eigenvalue weighted by atomic mass is 127. The van der Waals surface area contributed by atoms with E-state index in [4.69, 9.17) is 9.47 Å². The van der Waals surface area contributed by atoms with Crippen LogP contribution in [0.2, 0.25) is 0 Å². The number of alkyl halides is 3. The summed E-state index contributed by atoms with van der Waals surface area (Å²) in [7, 11) is 1.59. The Morgan fingerprint density at radius 1 is 1.31 bits per heavy atom. The molecule has 166 valence electrons. The molecule has 0 amide bonds. The van der Waals surface area contributed by atoms with Gasteiger partial charge in [0.15, 0.2) is 17.5 Å². The predicted molar refractivity (Wildman–Crippen MR) is 119 cm³/mol. The molecule has 1 fully saturated rings. The molecule has 0 aromatic heterocycles. The van der Waals surface area contributed by atoms with E-state index in [0.29, 0.717) is 50.1 Å². The summed E-state index contributed by atoms with van der Waals surface area (Å²) in [5.41, 5.74) is 0. The number of ether oxygens (including phenoxy) is 2. The molecule has 1 aromatic rings. The third-order valence-electron chi connectivity index (χ3n) is 4.26. The van der Waals surface area contributed by atoms with Gasteiger partial charge in [-0.1, -0.05) is 12.1 Å². The molecule has 1 saturated heterocycles. The molecule has 10 heteroatoms. The molecule has 0 aliphatic carbocycles. The highest BCUT2D eigenvalue weighted by molar-refractivity contribution is 14.0. The Labute approximate surface area is 187 Å². The van der Waals surface area contributed by atoms with Gasteiger partial charge in [-0.25, -0.2) is 4.99 Å². The van der Waals surface area contributed by atoms with Crippen molar-refractivity contribution in [3.05, 3.63) is 24.3 Å². The maximum Gasteiger partial charge on any atom is 0.401 e. The van der Waals surface area contributed by atoms with Crippen molar-refractivity contribution in [1.82, 2.24) is 15.5 Å². The first kappa shape index (κ1) is 25.6. The number of likely N-dealkylation sites (tertiary alicyclic amines) is 1. The van der Waals surface area contributed by atoms with Crippen LogP contribution in [0.5, 0.6) is 11.5 Å². The van der Waals surface area contributed by atoms with Crippen LogP contribution >= 0.6 is 24.0 Å². The largest absolute Gasteiger partial charge is 0.493 e. The second kappa shape index (κ2) is 12.3. The molecule has 1 heterocycles. The highest BCUT2D eigenvalue weighted by Gasteiger charge is 2.34.